The maximum absolute atomic E-state index is 12.9. The van der Waals surface area contributed by atoms with E-state index >= 15 is 0 Å². The van der Waals surface area contributed by atoms with Crippen LogP contribution in [-0.2, 0) is 42.1 Å². The summed E-state index contributed by atoms with van der Waals surface area (Å²) in [7, 11) is -4.16. The molecule has 11 nitrogen and oxygen atoms in total. The number of halogens is 1. The van der Waals surface area contributed by atoms with Crippen molar-refractivity contribution in [2.24, 2.45) is 11.3 Å². The van der Waals surface area contributed by atoms with E-state index < -0.39 is 38.0 Å². The SMILES string of the molecule is CC(=O)SCCNC(=O)CCNC(=O)[C@@H]1OP(=O)(OCOC(=O)C2CCC(Cl)CC2)OCC1(C)C. The fraction of sp³-hybridized carbons (Fsp3) is 0.810. The van der Waals surface area contributed by atoms with E-state index in [2.05, 4.69) is 10.6 Å². The predicted molar refractivity (Wildman–Crippen MR) is 130 cm³/mol. The number of esters is 1. The summed E-state index contributed by atoms with van der Waals surface area (Å²) in [6.45, 7) is 4.51. The lowest BCUT2D eigenvalue weighted by atomic mass is 9.87. The quantitative estimate of drug-likeness (QED) is 0.128. The Morgan fingerprint density at radius 1 is 1.11 bits per heavy atom. The summed E-state index contributed by atoms with van der Waals surface area (Å²) in [5.74, 6) is -1.14. The average Bonchev–Trinajstić information content (AvgIpc) is 2.79. The van der Waals surface area contributed by atoms with E-state index in [9.17, 15) is 23.7 Å². The van der Waals surface area contributed by atoms with Crippen LogP contribution < -0.4 is 10.6 Å². The van der Waals surface area contributed by atoms with Crippen molar-refractivity contribution in [1.29, 1.82) is 0 Å². The highest BCUT2D eigenvalue weighted by molar-refractivity contribution is 8.13. The van der Waals surface area contributed by atoms with Crippen LogP contribution in [0.25, 0.3) is 0 Å². The summed E-state index contributed by atoms with van der Waals surface area (Å²) in [4.78, 5) is 47.6. The summed E-state index contributed by atoms with van der Waals surface area (Å²) < 4.78 is 33.7. The number of phosphoric acid groups is 1. The molecular weight excluding hydrogens is 523 g/mol. The highest BCUT2D eigenvalue weighted by Gasteiger charge is 2.49. The normalized spacial score (nSPS) is 28.1. The van der Waals surface area contributed by atoms with Gasteiger partial charge in [-0.2, -0.15) is 0 Å². The minimum Gasteiger partial charge on any atom is -0.438 e. The summed E-state index contributed by atoms with van der Waals surface area (Å²) in [6, 6.07) is 0. The maximum Gasteiger partial charge on any atom is 0.478 e. The van der Waals surface area contributed by atoms with Crippen LogP contribution in [0.3, 0.4) is 0 Å². The Kier molecular flexibility index (Phi) is 12.0. The molecule has 1 saturated carbocycles. The van der Waals surface area contributed by atoms with Crippen molar-refractivity contribution in [3.8, 4) is 0 Å². The number of rotatable bonds is 11. The molecule has 2 rings (SSSR count). The molecule has 0 spiro atoms. The van der Waals surface area contributed by atoms with Crippen molar-refractivity contribution in [3.63, 3.8) is 0 Å². The van der Waals surface area contributed by atoms with Crippen LogP contribution in [0, 0.1) is 11.3 Å². The first-order chi connectivity index (χ1) is 16.4. The van der Waals surface area contributed by atoms with Crippen LogP contribution in [0.15, 0.2) is 0 Å². The predicted octanol–water partition coefficient (Wildman–Crippen LogP) is 2.75. The van der Waals surface area contributed by atoms with Gasteiger partial charge in [-0.15, -0.1) is 11.6 Å². The summed E-state index contributed by atoms with van der Waals surface area (Å²) >= 11 is 7.16. The lowest BCUT2D eigenvalue weighted by Gasteiger charge is -2.39. The van der Waals surface area contributed by atoms with Gasteiger partial charge in [-0.3, -0.25) is 28.2 Å². The van der Waals surface area contributed by atoms with Crippen molar-refractivity contribution >= 4 is 54.1 Å². The van der Waals surface area contributed by atoms with E-state index in [1.54, 1.807) is 13.8 Å². The minimum atomic E-state index is -4.16. The Morgan fingerprint density at radius 3 is 2.46 bits per heavy atom. The Labute approximate surface area is 214 Å². The van der Waals surface area contributed by atoms with Gasteiger partial charge in [0.05, 0.1) is 12.5 Å². The van der Waals surface area contributed by atoms with E-state index in [1.807, 2.05) is 0 Å². The van der Waals surface area contributed by atoms with Crippen LogP contribution in [-0.4, -0.2) is 66.6 Å². The molecule has 0 radical (unpaired) electrons. The van der Waals surface area contributed by atoms with Gasteiger partial charge in [-0.1, -0.05) is 25.6 Å². The van der Waals surface area contributed by atoms with Crippen LogP contribution in [0.2, 0.25) is 0 Å². The topological polar surface area (TPSA) is 146 Å². The molecule has 35 heavy (non-hydrogen) atoms. The van der Waals surface area contributed by atoms with Gasteiger partial charge in [-0.25, -0.2) is 9.09 Å². The standard InChI is InChI=1S/C21H34ClN2O9PS/c1-14(25)35-11-10-23-17(26)8-9-24-19(27)18-21(2,3)12-31-34(29,33-18)32-13-30-20(28)15-4-6-16(22)7-5-15/h15-16,18H,4-13H2,1-3H3,(H,23,26)(H,24,27)/t15?,16?,18-,34?/m0/s1. The van der Waals surface area contributed by atoms with Gasteiger partial charge in [0.1, 0.15) is 0 Å². The molecule has 2 aliphatic rings. The molecule has 2 fully saturated rings. The van der Waals surface area contributed by atoms with Crippen LogP contribution >= 0.6 is 31.2 Å². The minimum absolute atomic E-state index is 0.0237. The molecule has 1 unspecified atom stereocenters. The average molecular weight is 557 g/mol. The third kappa shape index (κ3) is 10.4. The van der Waals surface area contributed by atoms with E-state index in [0.717, 1.165) is 24.6 Å². The number of carbonyl (C=O) groups excluding carboxylic acids is 4. The van der Waals surface area contributed by atoms with Gasteiger partial charge >= 0.3 is 13.8 Å². The van der Waals surface area contributed by atoms with Gasteiger partial charge in [0.2, 0.25) is 18.6 Å². The third-order valence-corrected chi connectivity index (χ3v) is 8.15. The fourth-order valence-corrected chi connectivity index (χ4v) is 5.77. The molecule has 2 atom stereocenters. The van der Waals surface area contributed by atoms with Crippen molar-refractivity contribution in [2.45, 2.75) is 64.4 Å². The second-order valence-electron chi connectivity index (χ2n) is 9.08. The fourth-order valence-electron chi connectivity index (χ4n) is 3.51. The lowest BCUT2D eigenvalue weighted by Crippen LogP contribution is -2.50. The van der Waals surface area contributed by atoms with E-state index in [1.165, 1.54) is 6.92 Å². The molecule has 1 heterocycles. The van der Waals surface area contributed by atoms with Crippen molar-refractivity contribution in [3.05, 3.63) is 0 Å². The lowest BCUT2D eigenvalue weighted by molar-refractivity contribution is -0.160. The molecule has 0 bridgehead atoms. The molecule has 0 aromatic carbocycles. The number of carbonyl (C=O) groups is 4. The van der Waals surface area contributed by atoms with E-state index in [4.69, 9.17) is 29.9 Å². The van der Waals surface area contributed by atoms with Gasteiger partial charge in [0.15, 0.2) is 11.2 Å². The number of ether oxygens (including phenoxy) is 1. The van der Waals surface area contributed by atoms with Crippen LogP contribution in [0.5, 0.6) is 0 Å². The molecule has 200 valence electrons. The van der Waals surface area contributed by atoms with Crippen molar-refractivity contribution in [1.82, 2.24) is 10.6 Å². The monoisotopic (exact) mass is 556 g/mol. The number of hydrogen-bond donors (Lipinski definition) is 2. The molecule has 1 saturated heterocycles. The Bertz CT molecular complexity index is 821. The second kappa shape index (κ2) is 13.9. The number of alkyl halides is 1. The summed E-state index contributed by atoms with van der Waals surface area (Å²) in [6.07, 6.45) is 1.52. The Hall–Kier alpha value is -1.17. The van der Waals surface area contributed by atoms with E-state index in [-0.39, 0.29) is 41.9 Å². The number of phosphoric ester groups is 1. The third-order valence-electron chi connectivity index (χ3n) is 5.56. The number of hydrogen-bond acceptors (Lipinski definition) is 10. The Balaban J connectivity index is 1.76. The molecular formula is C21H34ClN2O9PS. The van der Waals surface area contributed by atoms with Crippen molar-refractivity contribution < 1.29 is 42.1 Å². The number of nitrogens with one attached hydrogen (secondary N) is 2. The molecule has 0 aromatic heterocycles. The molecule has 1 aliphatic carbocycles. The molecule has 14 heteroatoms. The zero-order chi connectivity index (χ0) is 26.1. The van der Waals surface area contributed by atoms with Gasteiger partial charge in [0, 0.05) is 43.0 Å². The number of amides is 2. The second-order valence-corrected chi connectivity index (χ2v) is 12.6. The highest BCUT2D eigenvalue weighted by atomic mass is 35.5. The maximum atomic E-state index is 12.9. The first-order valence-corrected chi connectivity index (χ1v) is 14.4. The van der Waals surface area contributed by atoms with E-state index in [0.29, 0.717) is 25.1 Å². The summed E-state index contributed by atoms with van der Waals surface area (Å²) in [5, 5.41) is 5.28. The first kappa shape index (κ1) is 30.1. The molecule has 1 aliphatic heterocycles. The molecule has 2 amide bonds. The smallest absolute Gasteiger partial charge is 0.438 e. The Morgan fingerprint density at radius 2 is 1.80 bits per heavy atom. The van der Waals surface area contributed by atoms with Gasteiger partial charge < -0.3 is 15.4 Å². The number of thioether (sulfide) groups is 1. The zero-order valence-electron chi connectivity index (χ0n) is 20.2. The largest absolute Gasteiger partial charge is 0.478 e. The van der Waals surface area contributed by atoms with Gasteiger partial charge in [-0.05, 0) is 25.7 Å². The molecule has 2 N–H and O–H groups in total. The van der Waals surface area contributed by atoms with Crippen molar-refractivity contribution in [2.75, 3.05) is 32.2 Å². The van der Waals surface area contributed by atoms with Crippen LogP contribution in [0.4, 0.5) is 0 Å². The summed E-state index contributed by atoms with van der Waals surface area (Å²) in [5.41, 5.74) is -0.829. The first-order valence-electron chi connectivity index (χ1n) is 11.5. The molecule has 0 aromatic rings. The zero-order valence-corrected chi connectivity index (χ0v) is 22.7. The van der Waals surface area contributed by atoms with Crippen LogP contribution in [0.1, 0.15) is 52.9 Å². The highest BCUT2D eigenvalue weighted by Crippen LogP contribution is 2.57. The van der Waals surface area contributed by atoms with Gasteiger partial charge in [0.25, 0.3) is 0 Å².